The quantitative estimate of drug-likeness (QED) is 0.642. The third kappa shape index (κ3) is 4.79. The SMILES string of the molecule is COc1ccccc1N1CCN(CCCN2Sc3ccc4c(c3NC2=O)OCCCO4)CC1. The molecule has 0 bridgehead atoms. The molecule has 3 aliphatic rings. The third-order valence-corrected chi connectivity index (χ3v) is 7.28. The van der Waals surface area contributed by atoms with Crippen molar-refractivity contribution in [3.8, 4) is 17.2 Å². The Labute approximate surface area is 198 Å². The van der Waals surface area contributed by atoms with E-state index in [9.17, 15) is 4.79 Å². The zero-order chi connectivity index (χ0) is 22.6. The third-order valence-electron chi connectivity index (χ3n) is 6.18. The average molecular weight is 471 g/mol. The number of carbonyl (C=O) groups excluding carboxylic acids is 1. The number of urea groups is 1. The second-order valence-electron chi connectivity index (χ2n) is 8.29. The molecule has 1 fully saturated rings. The van der Waals surface area contributed by atoms with Crippen LogP contribution in [0.2, 0.25) is 0 Å². The maximum absolute atomic E-state index is 12.7. The highest BCUT2D eigenvalue weighted by Crippen LogP contribution is 2.46. The van der Waals surface area contributed by atoms with Crippen LogP contribution in [0.3, 0.4) is 0 Å². The Morgan fingerprint density at radius 3 is 2.70 bits per heavy atom. The van der Waals surface area contributed by atoms with Gasteiger partial charge in [0.05, 0.1) is 30.9 Å². The van der Waals surface area contributed by atoms with Crippen LogP contribution < -0.4 is 24.4 Å². The van der Waals surface area contributed by atoms with Crippen LogP contribution in [0, 0.1) is 0 Å². The van der Waals surface area contributed by atoms with Crippen molar-refractivity contribution in [2.75, 3.05) is 69.8 Å². The number of rotatable bonds is 6. The molecule has 0 unspecified atom stereocenters. The van der Waals surface area contributed by atoms with E-state index in [0.717, 1.165) is 67.6 Å². The van der Waals surface area contributed by atoms with Gasteiger partial charge in [-0.2, -0.15) is 0 Å². The van der Waals surface area contributed by atoms with Gasteiger partial charge < -0.3 is 24.4 Å². The van der Waals surface area contributed by atoms with Gasteiger partial charge in [-0.1, -0.05) is 12.1 Å². The molecule has 0 saturated carbocycles. The predicted molar refractivity (Wildman–Crippen MR) is 130 cm³/mol. The van der Waals surface area contributed by atoms with Crippen molar-refractivity contribution in [2.24, 2.45) is 0 Å². The van der Waals surface area contributed by atoms with Gasteiger partial charge in [0.15, 0.2) is 11.5 Å². The van der Waals surface area contributed by atoms with Crippen LogP contribution in [-0.2, 0) is 0 Å². The molecule has 176 valence electrons. The summed E-state index contributed by atoms with van der Waals surface area (Å²) in [6.45, 7) is 6.84. The van der Waals surface area contributed by atoms with E-state index in [1.165, 1.54) is 11.9 Å². The van der Waals surface area contributed by atoms with Crippen LogP contribution in [0.4, 0.5) is 16.2 Å². The van der Waals surface area contributed by atoms with Crippen LogP contribution in [-0.4, -0.2) is 74.8 Å². The monoisotopic (exact) mass is 470 g/mol. The first kappa shape index (κ1) is 22.0. The number of hydrogen-bond acceptors (Lipinski definition) is 7. The van der Waals surface area contributed by atoms with Crippen molar-refractivity contribution >= 4 is 29.4 Å². The van der Waals surface area contributed by atoms with Crippen molar-refractivity contribution in [3.63, 3.8) is 0 Å². The van der Waals surface area contributed by atoms with Gasteiger partial charge in [0, 0.05) is 45.7 Å². The summed E-state index contributed by atoms with van der Waals surface area (Å²) >= 11 is 1.48. The number of carbonyl (C=O) groups is 1. The summed E-state index contributed by atoms with van der Waals surface area (Å²) in [5, 5.41) is 3.02. The van der Waals surface area contributed by atoms with E-state index in [1.54, 1.807) is 11.4 Å². The number of hydrogen-bond donors (Lipinski definition) is 1. The van der Waals surface area contributed by atoms with Gasteiger partial charge in [-0.3, -0.25) is 9.21 Å². The summed E-state index contributed by atoms with van der Waals surface area (Å²) in [5.74, 6) is 2.28. The molecule has 5 rings (SSSR count). The molecular weight excluding hydrogens is 440 g/mol. The number of para-hydroxylation sites is 2. The smallest absolute Gasteiger partial charge is 0.332 e. The van der Waals surface area contributed by atoms with E-state index in [2.05, 4.69) is 27.2 Å². The van der Waals surface area contributed by atoms with Gasteiger partial charge in [0.25, 0.3) is 0 Å². The van der Waals surface area contributed by atoms with Gasteiger partial charge in [-0.05, 0) is 42.6 Å². The van der Waals surface area contributed by atoms with E-state index in [4.69, 9.17) is 14.2 Å². The van der Waals surface area contributed by atoms with Crippen molar-refractivity contribution in [2.45, 2.75) is 17.7 Å². The van der Waals surface area contributed by atoms with Crippen LogP contribution in [0.15, 0.2) is 41.3 Å². The number of methoxy groups -OCH3 is 1. The van der Waals surface area contributed by atoms with Crippen LogP contribution >= 0.6 is 11.9 Å². The van der Waals surface area contributed by atoms with Gasteiger partial charge in [0.1, 0.15) is 11.4 Å². The lowest BCUT2D eigenvalue weighted by molar-refractivity contribution is 0.228. The minimum Gasteiger partial charge on any atom is -0.495 e. The Bertz CT molecular complexity index is 996. The van der Waals surface area contributed by atoms with Gasteiger partial charge in [-0.15, -0.1) is 0 Å². The van der Waals surface area contributed by atoms with Crippen molar-refractivity contribution in [1.82, 2.24) is 9.21 Å². The second-order valence-corrected chi connectivity index (χ2v) is 9.36. The summed E-state index contributed by atoms with van der Waals surface area (Å²) in [7, 11) is 1.72. The summed E-state index contributed by atoms with van der Waals surface area (Å²) < 4.78 is 18.9. The summed E-state index contributed by atoms with van der Waals surface area (Å²) in [6, 6.07) is 12.0. The van der Waals surface area contributed by atoms with Crippen molar-refractivity contribution in [1.29, 1.82) is 0 Å². The molecule has 0 aliphatic carbocycles. The molecule has 0 radical (unpaired) electrons. The lowest BCUT2D eigenvalue weighted by Crippen LogP contribution is -2.47. The first-order valence-corrected chi connectivity index (χ1v) is 12.3. The number of benzene rings is 2. The van der Waals surface area contributed by atoms with Crippen LogP contribution in [0.25, 0.3) is 0 Å². The Kier molecular flexibility index (Phi) is 6.68. The summed E-state index contributed by atoms with van der Waals surface area (Å²) in [4.78, 5) is 18.6. The molecule has 0 spiro atoms. The molecule has 3 aliphatic heterocycles. The lowest BCUT2D eigenvalue weighted by Gasteiger charge is -2.37. The predicted octanol–water partition coefficient (Wildman–Crippen LogP) is 3.92. The zero-order valence-corrected chi connectivity index (χ0v) is 19.7. The number of fused-ring (bicyclic) bond motifs is 3. The molecule has 0 atom stereocenters. The highest BCUT2D eigenvalue weighted by atomic mass is 32.2. The first-order chi connectivity index (χ1) is 16.2. The molecule has 3 heterocycles. The van der Waals surface area contributed by atoms with Gasteiger partial charge >= 0.3 is 6.03 Å². The maximum atomic E-state index is 12.7. The average Bonchev–Trinajstić information content (AvgIpc) is 3.11. The van der Waals surface area contributed by atoms with Crippen LogP contribution in [0.1, 0.15) is 12.8 Å². The molecule has 2 amide bonds. The van der Waals surface area contributed by atoms with Crippen LogP contribution in [0.5, 0.6) is 17.2 Å². The van der Waals surface area contributed by atoms with E-state index in [0.29, 0.717) is 31.3 Å². The molecule has 9 heteroatoms. The van der Waals surface area contributed by atoms with E-state index >= 15 is 0 Å². The number of amides is 2. The van der Waals surface area contributed by atoms with Crippen molar-refractivity contribution in [3.05, 3.63) is 36.4 Å². The van der Waals surface area contributed by atoms with E-state index in [-0.39, 0.29) is 6.03 Å². The maximum Gasteiger partial charge on any atom is 0.332 e. The number of anilines is 2. The fraction of sp³-hybridized carbons (Fsp3) is 0.458. The highest BCUT2D eigenvalue weighted by Gasteiger charge is 2.29. The Balaban J connectivity index is 1.12. The molecule has 1 N–H and O–H groups in total. The first-order valence-electron chi connectivity index (χ1n) is 11.5. The fourth-order valence-electron chi connectivity index (χ4n) is 4.43. The Morgan fingerprint density at radius 1 is 1.03 bits per heavy atom. The molecule has 2 aromatic carbocycles. The van der Waals surface area contributed by atoms with E-state index in [1.807, 2.05) is 24.3 Å². The zero-order valence-electron chi connectivity index (χ0n) is 18.9. The molecule has 0 aromatic heterocycles. The number of nitrogens with one attached hydrogen (secondary N) is 1. The molecular formula is C24H30N4O4S. The van der Waals surface area contributed by atoms with Crippen molar-refractivity contribution < 1.29 is 19.0 Å². The molecule has 1 saturated heterocycles. The Morgan fingerprint density at radius 2 is 1.85 bits per heavy atom. The fourth-order valence-corrected chi connectivity index (χ4v) is 5.38. The summed E-state index contributed by atoms with van der Waals surface area (Å²) in [5.41, 5.74) is 1.89. The highest BCUT2D eigenvalue weighted by molar-refractivity contribution is 7.97. The largest absolute Gasteiger partial charge is 0.495 e. The molecule has 8 nitrogen and oxygen atoms in total. The van der Waals surface area contributed by atoms with Gasteiger partial charge in [-0.25, -0.2) is 4.79 Å². The normalized spacial score (nSPS) is 18.4. The lowest BCUT2D eigenvalue weighted by atomic mass is 10.2. The number of ether oxygens (including phenoxy) is 3. The number of nitrogens with zero attached hydrogens (tertiary/aromatic N) is 3. The second kappa shape index (κ2) is 10.0. The topological polar surface area (TPSA) is 66.5 Å². The molecule has 33 heavy (non-hydrogen) atoms. The van der Waals surface area contributed by atoms with Gasteiger partial charge in [0.2, 0.25) is 0 Å². The number of piperazine rings is 1. The minimum atomic E-state index is -0.102. The minimum absolute atomic E-state index is 0.102. The van der Waals surface area contributed by atoms with E-state index < -0.39 is 0 Å². The summed E-state index contributed by atoms with van der Waals surface area (Å²) in [6.07, 6.45) is 1.76. The Hall–Kier alpha value is -2.78. The standard InChI is InChI=1S/C24H30N4O4S/c1-30-19-7-3-2-6-18(19)27-14-12-26(13-15-27)10-4-11-28-24(29)25-22-21(33-28)9-8-20-23(22)32-17-5-16-31-20/h2-3,6-9H,4-5,10-17H2,1H3,(H,25,29). The molecule has 2 aromatic rings.